The first-order valence-electron chi connectivity index (χ1n) is 14.0. The molecule has 1 amide bonds. The van der Waals surface area contributed by atoms with Gasteiger partial charge >= 0.3 is 5.97 Å². The lowest BCUT2D eigenvalue weighted by atomic mass is 10.0. The average molecular weight is 514 g/mol. The van der Waals surface area contributed by atoms with Gasteiger partial charge in [0, 0.05) is 12.5 Å². The molecule has 200 valence electrons. The number of para-hydroxylation sites is 1. The van der Waals surface area contributed by atoms with E-state index in [1.165, 1.54) is 44.9 Å². The molecule has 38 heavy (non-hydrogen) atoms. The van der Waals surface area contributed by atoms with Crippen molar-refractivity contribution in [1.29, 1.82) is 0 Å². The van der Waals surface area contributed by atoms with E-state index in [1.807, 2.05) is 49.4 Å². The van der Waals surface area contributed by atoms with Crippen LogP contribution in [0.5, 0.6) is 11.5 Å². The highest BCUT2D eigenvalue weighted by Crippen LogP contribution is 2.31. The van der Waals surface area contributed by atoms with Crippen LogP contribution in [0.2, 0.25) is 0 Å². The summed E-state index contributed by atoms with van der Waals surface area (Å²) in [5.41, 5.74) is 3.08. The molecular formula is C33H39NO4. The molecule has 1 aliphatic rings. The number of rotatable bonds is 14. The standard InChI is InChI=1S/C33H39NO4/c1-3-4-5-6-7-8-9-12-23-37-28-19-15-26(16-20-28)27-17-21-29(22-18-27)38-33(36)30-13-10-11-14-31(30)34-25(2)24-32(34)35/h10-11,13-22,25H,3-9,12,23-24H2,1-2H3/t25-/m0/s1. The molecule has 1 saturated heterocycles. The van der Waals surface area contributed by atoms with Crippen molar-refractivity contribution < 1.29 is 19.1 Å². The summed E-state index contributed by atoms with van der Waals surface area (Å²) in [5.74, 6) is 0.891. The topological polar surface area (TPSA) is 55.8 Å². The Balaban J connectivity index is 1.25. The largest absolute Gasteiger partial charge is 0.494 e. The monoisotopic (exact) mass is 513 g/mol. The number of anilines is 1. The Bertz CT molecular complexity index is 1190. The third kappa shape index (κ3) is 7.25. The number of amides is 1. The van der Waals surface area contributed by atoms with Crippen molar-refractivity contribution in [3.63, 3.8) is 0 Å². The maximum absolute atomic E-state index is 12.9. The van der Waals surface area contributed by atoms with E-state index < -0.39 is 5.97 Å². The fraction of sp³-hybridized carbons (Fsp3) is 0.394. The summed E-state index contributed by atoms with van der Waals surface area (Å²) < 4.78 is 11.6. The summed E-state index contributed by atoms with van der Waals surface area (Å²) in [5, 5.41) is 0. The molecule has 3 aromatic rings. The molecular weight excluding hydrogens is 474 g/mol. The molecule has 1 atom stereocenters. The van der Waals surface area contributed by atoms with Gasteiger partial charge in [-0.3, -0.25) is 4.79 Å². The van der Waals surface area contributed by atoms with E-state index in [-0.39, 0.29) is 11.9 Å². The SMILES string of the molecule is CCCCCCCCCCOc1ccc(-c2ccc(OC(=O)c3ccccc3N3C(=O)C[C@@H]3C)cc2)cc1. The number of hydrogen-bond acceptors (Lipinski definition) is 4. The van der Waals surface area contributed by atoms with Gasteiger partial charge in [0.1, 0.15) is 11.5 Å². The first-order valence-corrected chi connectivity index (χ1v) is 14.0. The van der Waals surface area contributed by atoms with Crippen molar-refractivity contribution in [2.45, 2.75) is 77.7 Å². The molecule has 3 aromatic carbocycles. The van der Waals surface area contributed by atoms with E-state index in [9.17, 15) is 9.59 Å². The van der Waals surface area contributed by atoms with Gasteiger partial charge in [-0.15, -0.1) is 0 Å². The Morgan fingerprint density at radius 2 is 1.37 bits per heavy atom. The number of β-lactam (4-membered cyclic amide) rings is 1. The predicted molar refractivity (Wildman–Crippen MR) is 153 cm³/mol. The third-order valence-corrected chi connectivity index (χ3v) is 7.08. The van der Waals surface area contributed by atoms with Crippen molar-refractivity contribution in [2.24, 2.45) is 0 Å². The number of nitrogens with zero attached hydrogens (tertiary/aromatic N) is 1. The normalized spacial score (nSPS) is 14.7. The molecule has 0 bridgehead atoms. The number of ether oxygens (including phenoxy) is 2. The zero-order valence-electron chi connectivity index (χ0n) is 22.7. The van der Waals surface area contributed by atoms with E-state index in [0.29, 0.717) is 23.4 Å². The molecule has 1 fully saturated rings. The minimum absolute atomic E-state index is 0.0201. The van der Waals surface area contributed by atoms with Crippen molar-refractivity contribution in [3.05, 3.63) is 78.4 Å². The quantitative estimate of drug-likeness (QED) is 0.0943. The van der Waals surface area contributed by atoms with E-state index in [1.54, 1.807) is 35.2 Å². The van der Waals surface area contributed by atoms with E-state index in [4.69, 9.17) is 9.47 Å². The number of benzene rings is 3. The van der Waals surface area contributed by atoms with Crippen molar-refractivity contribution in [2.75, 3.05) is 11.5 Å². The highest BCUT2D eigenvalue weighted by atomic mass is 16.5. The van der Waals surface area contributed by atoms with Crippen LogP contribution < -0.4 is 14.4 Å². The first kappa shape index (κ1) is 27.4. The zero-order chi connectivity index (χ0) is 26.7. The lowest BCUT2D eigenvalue weighted by Crippen LogP contribution is -2.51. The van der Waals surface area contributed by atoms with Crippen molar-refractivity contribution in [3.8, 4) is 22.6 Å². The summed E-state index contributed by atoms with van der Waals surface area (Å²) in [6.45, 7) is 4.97. The first-order chi connectivity index (χ1) is 18.6. The van der Waals surface area contributed by atoms with Gasteiger partial charge in [0.15, 0.2) is 0 Å². The van der Waals surface area contributed by atoms with Crippen LogP contribution in [0.15, 0.2) is 72.8 Å². The maximum Gasteiger partial charge on any atom is 0.345 e. The fourth-order valence-electron chi connectivity index (χ4n) is 4.85. The summed E-state index contributed by atoms with van der Waals surface area (Å²) in [6, 6.07) is 22.7. The third-order valence-electron chi connectivity index (χ3n) is 7.08. The average Bonchev–Trinajstić information content (AvgIpc) is 2.93. The van der Waals surface area contributed by atoms with E-state index in [0.717, 1.165) is 29.9 Å². The Hall–Kier alpha value is -3.60. The smallest absolute Gasteiger partial charge is 0.345 e. The van der Waals surface area contributed by atoms with Crippen LogP contribution in [0.25, 0.3) is 11.1 Å². The van der Waals surface area contributed by atoms with E-state index in [2.05, 4.69) is 6.92 Å². The number of esters is 1. The highest BCUT2D eigenvalue weighted by Gasteiger charge is 2.35. The molecule has 0 aromatic heterocycles. The molecule has 1 heterocycles. The van der Waals surface area contributed by atoms with Crippen LogP contribution >= 0.6 is 0 Å². The van der Waals surface area contributed by atoms with Crippen LogP contribution in [0.3, 0.4) is 0 Å². The Morgan fingerprint density at radius 1 is 0.789 bits per heavy atom. The number of carbonyl (C=O) groups is 2. The second-order valence-corrected chi connectivity index (χ2v) is 10.1. The van der Waals surface area contributed by atoms with Gasteiger partial charge in [-0.25, -0.2) is 4.79 Å². The molecule has 4 rings (SSSR count). The van der Waals surface area contributed by atoms with Crippen molar-refractivity contribution >= 4 is 17.6 Å². The molecule has 5 nitrogen and oxygen atoms in total. The molecule has 0 saturated carbocycles. The molecule has 0 radical (unpaired) electrons. The number of unbranched alkanes of at least 4 members (excludes halogenated alkanes) is 7. The van der Waals surface area contributed by atoms with Crippen LogP contribution in [0.1, 0.15) is 82.0 Å². The highest BCUT2D eigenvalue weighted by molar-refractivity contribution is 6.07. The molecule has 0 aliphatic carbocycles. The summed E-state index contributed by atoms with van der Waals surface area (Å²) >= 11 is 0. The Kier molecular flexibility index (Phi) is 9.97. The molecule has 0 spiro atoms. The Morgan fingerprint density at radius 3 is 1.97 bits per heavy atom. The molecule has 1 aliphatic heterocycles. The molecule has 0 unspecified atom stereocenters. The summed E-state index contributed by atoms with van der Waals surface area (Å²) in [6.07, 6.45) is 10.8. The van der Waals surface area contributed by atoms with Gasteiger partial charge in [0.05, 0.1) is 17.9 Å². The Labute approximate surface area is 226 Å². The van der Waals surface area contributed by atoms with Gasteiger partial charge < -0.3 is 14.4 Å². The van der Waals surface area contributed by atoms with Crippen LogP contribution in [0.4, 0.5) is 5.69 Å². The van der Waals surface area contributed by atoms with Crippen LogP contribution in [-0.2, 0) is 4.79 Å². The minimum Gasteiger partial charge on any atom is -0.494 e. The summed E-state index contributed by atoms with van der Waals surface area (Å²) in [4.78, 5) is 26.6. The maximum atomic E-state index is 12.9. The molecule has 5 heteroatoms. The summed E-state index contributed by atoms with van der Waals surface area (Å²) in [7, 11) is 0. The lowest BCUT2D eigenvalue weighted by molar-refractivity contribution is -0.123. The van der Waals surface area contributed by atoms with Crippen LogP contribution in [-0.4, -0.2) is 24.5 Å². The predicted octanol–water partition coefficient (Wildman–Crippen LogP) is 8.22. The zero-order valence-corrected chi connectivity index (χ0v) is 22.7. The molecule has 0 N–H and O–H groups in total. The minimum atomic E-state index is -0.474. The van der Waals surface area contributed by atoms with Crippen molar-refractivity contribution in [1.82, 2.24) is 0 Å². The second-order valence-electron chi connectivity index (χ2n) is 10.1. The van der Waals surface area contributed by atoms with Gasteiger partial charge in [0.25, 0.3) is 0 Å². The fourth-order valence-corrected chi connectivity index (χ4v) is 4.85. The second kappa shape index (κ2) is 13.8. The van der Waals surface area contributed by atoms with Gasteiger partial charge in [-0.1, -0.05) is 88.3 Å². The number of carbonyl (C=O) groups excluding carboxylic acids is 2. The van der Waals surface area contributed by atoms with Gasteiger partial charge in [-0.05, 0) is 60.9 Å². The number of hydrogen-bond donors (Lipinski definition) is 0. The van der Waals surface area contributed by atoms with Crippen LogP contribution in [0, 0.1) is 0 Å². The van der Waals surface area contributed by atoms with Gasteiger partial charge in [0.2, 0.25) is 5.91 Å². The van der Waals surface area contributed by atoms with E-state index >= 15 is 0 Å². The van der Waals surface area contributed by atoms with Gasteiger partial charge in [-0.2, -0.15) is 0 Å². The lowest BCUT2D eigenvalue weighted by Gasteiger charge is -2.38.